The van der Waals surface area contributed by atoms with Crippen LogP contribution >= 0.6 is 0 Å². The molecule has 1 atom stereocenters. The minimum atomic E-state index is -1.53. The van der Waals surface area contributed by atoms with Crippen molar-refractivity contribution in [2.75, 3.05) is 0 Å². The van der Waals surface area contributed by atoms with E-state index in [2.05, 4.69) is 136 Å². The molecule has 0 bridgehead atoms. The van der Waals surface area contributed by atoms with Crippen molar-refractivity contribution < 1.29 is 57.7 Å². The van der Waals surface area contributed by atoms with Crippen LogP contribution in [0.2, 0.25) is 9.76 Å². The van der Waals surface area contributed by atoms with Gasteiger partial charge in [-0.25, -0.2) is 0 Å². The van der Waals surface area contributed by atoms with Gasteiger partial charge in [-0.05, 0) is 0 Å². The smallest absolute Gasteiger partial charge is 1.00 e. The van der Waals surface area contributed by atoms with Gasteiger partial charge >= 0.3 is 215 Å². The SMILES string of the molecule is CC1=C(C)[C]([Ti+3])(C[SiH](c2cccc(C)c2C)c2cccc(C)c2C)C(c2ccccc2)=C1C.[Cl-].[Cl-].[Cl-]. The normalized spacial score (nSPS) is 17.1. The fourth-order valence-corrected chi connectivity index (χ4v) is 11.5. The largest absolute Gasteiger partial charge is 1.00 e. The predicted octanol–water partition coefficient (Wildman–Crippen LogP) is -2.20. The van der Waals surface area contributed by atoms with Gasteiger partial charge < -0.3 is 37.2 Å². The van der Waals surface area contributed by atoms with E-state index in [1.807, 2.05) is 0 Å². The molecule has 1 unspecified atom stereocenters. The Hall–Kier alpha value is -1.06. The second-order valence-electron chi connectivity index (χ2n) is 9.86. The molecular formula is C31H35Cl3SiTi. The molecule has 0 spiro atoms. The Morgan fingerprint density at radius 1 is 0.611 bits per heavy atom. The van der Waals surface area contributed by atoms with Crippen LogP contribution in [-0.4, -0.2) is 8.80 Å². The fraction of sp³-hybridized carbons (Fsp3) is 0.290. The maximum Gasteiger partial charge on any atom is -1.00 e. The Balaban J connectivity index is 0.00000216. The first kappa shape index (κ1) is 33.0. The van der Waals surface area contributed by atoms with Gasteiger partial charge in [-0.2, -0.15) is 0 Å². The van der Waals surface area contributed by atoms with Gasteiger partial charge in [0.2, 0.25) is 0 Å². The summed E-state index contributed by atoms with van der Waals surface area (Å²) in [7, 11) is -1.53. The van der Waals surface area contributed by atoms with Crippen molar-refractivity contribution in [2.45, 2.75) is 58.2 Å². The van der Waals surface area contributed by atoms with Crippen LogP contribution in [-0.2, 0) is 20.4 Å². The third kappa shape index (κ3) is 5.83. The van der Waals surface area contributed by atoms with Crippen molar-refractivity contribution in [2.24, 2.45) is 0 Å². The van der Waals surface area contributed by atoms with Gasteiger partial charge in [0.25, 0.3) is 0 Å². The van der Waals surface area contributed by atoms with E-state index in [0.717, 1.165) is 0 Å². The minimum absolute atomic E-state index is 0. The zero-order valence-electron chi connectivity index (χ0n) is 22.3. The summed E-state index contributed by atoms with van der Waals surface area (Å²) < 4.78 is 0.0405. The van der Waals surface area contributed by atoms with Gasteiger partial charge in [-0.1, -0.05) is 0 Å². The topological polar surface area (TPSA) is 0 Å². The van der Waals surface area contributed by atoms with Crippen molar-refractivity contribution in [3.8, 4) is 0 Å². The van der Waals surface area contributed by atoms with Gasteiger partial charge in [0.1, 0.15) is 0 Å². The molecule has 0 radical (unpaired) electrons. The van der Waals surface area contributed by atoms with Gasteiger partial charge in [-0.3, -0.25) is 0 Å². The number of benzene rings is 3. The molecule has 36 heavy (non-hydrogen) atoms. The second-order valence-corrected chi connectivity index (χ2v) is 13.9. The molecule has 1 aliphatic rings. The van der Waals surface area contributed by atoms with E-state index in [0.29, 0.717) is 0 Å². The Morgan fingerprint density at radius 2 is 1.08 bits per heavy atom. The maximum absolute atomic E-state index is 2.51. The van der Waals surface area contributed by atoms with Crippen LogP contribution < -0.4 is 47.6 Å². The average Bonchev–Trinajstić information content (AvgIpc) is 2.97. The Morgan fingerprint density at radius 3 is 1.56 bits per heavy atom. The van der Waals surface area contributed by atoms with Crippen LogP contribution in [0.3, 0.4) is 0 Å². The third-order valence-corrected chi connectivity index (χ3v) is 13.9. The first-order valence-electron chi connectivity index (χ1n) is 12.0. The summed E-state index contributed by atoms with van der Waals surface area (Å²) in [4.78, 5) is 0. The molecule has 4 rings (SSSR count). The molecule has 0 nitrogen and oxygen atoms in total. The minimum Gasteiger partial charge on any atom is -1.00 e. The molecular weight excluding hydrogens is 555 g/mol. The zero-order chi connectivity index (χ0) is 23.9. The van der Waals surface area contributed by atoms with Crippen LogP contribution in [0.5, 0.6) is 0 Å². The van der Waals surface area contributed by atoms with E-state index in [1.165, 1.54) is 50.6 Å². The quantitative estimate of drug-likeness (QED) is 0.297. The molecule has 0 heterocycles. The van der Waals surface area contributed by atoms with Crippen molar-refractivity contribution in [3.05, 3.63) is 111 Å². The fourth-order valence-electron chi connectivity index (χ4n) is 5.62. The summed E-state index contributed by atoms with van der Waals surface area (Å²) in [6.07, 6.45) is 0. The van der Waals surface area contributed by atoms with Gasteiger partial charge in [-0.15, -0.1) is 0 Å². The number of aryl methyl sites for hydroxylation is 2. The van der Waals surface area contributed by atoms with Crippen LogP contribution in [0, 0.1) is 27.7 Å². The third-order valence-electron chi connectivity index (χ3n) is 8.18. The summed E-state index contributed by atoms with van der Waals surface area (Å²) in [5.41, 5.74) is 13.2. The van der Waals surface area contributed by atoms with Crippen LogP contribution in [0.4, 0.5) is 0 Å². The van der Waals surface area contributed by atoms with Crippen LogP contribution in [0.1, 0.15) is 48.6 Å². The summed E-state index contributed by atoms with van der Waals surface area (Å²) >= 11 is 2.51. The number of rotatable bonds is 5. The number of allylic oxidation sites excluding steroid dienone is 4. The molecule has 3 aromatic rings. The van der Waals surface area contributed by atoms with Crippen molar-refractivity contribution >= 4 is 24.7 Å². The summed E-state index contributed by atoms with van der Waals surface area (Å²) in [6.45, 7) is 16.2. The van der Waals surface area contributed by atoms with Gasteiger partial charge in [0, 0.05) is 0 Å². The summed E-state index contributed by atoms with van der Waals surface area (Å²) in [5.74, 6) is 0. The molecule has 5 heteroatoms. The standard InChI is InChI=1S/C31H35Si.3ClH.Ti/c1-20-13-11-17-29(22(20)3)32(30-18-12-14-21(2)23(30)4)19-28-25(6)24(5)26(7)31(28)27-15-9-8-10-16-27;;;;/h8-18,32H,19H2,1-7H3;3*1H;/q;;;;+3/p-3. The van der Waals surface area contributed by atoms with E-state index in [1.54, 1.807) is 15.9 Å². The zero-order valence-corrected chi connectivity index (χ0v) is 27.3. The van der Waals surface area contributed by atoms with Crippen molar-refractivity contribution in [1.29, 1.82) is 0 Å². The molecule has 0 saturated heterocycles. The average molecular weight is 590 g/mol. The molecule has 0 saturated carbocycles. The first-order valence-corrected chi connectivity index (χ1v) is 14.7. The molecule has 0 N–H and O–H groups in total. The van der Waals surface area contributed by atoms with Gasteiger partial charge in [0.05, 0.1) is 0 Å². The molecule has 3 aromatic carbocycles. The van der Waals surface area contributed by atoms with E-state index >= 15 is 0 Å². The summed E-state index contributed by atoms with van der Waals surface area (Å²) in [5, 5.41) is 3.21. The second kappa shape index (κ2) is 13.1. The van der Waals surface area contributed by atoms with Gasteiger partial charge in [0.15, 0.2) is 0 Å². The molecule has 0 aromatic heterocycles. The van der Waals surface area contributed by atoms with Crippen LogP contribution in [0.15, 0.2) is 83.4 Å². The number of hydrogen-bond acceptors (Lipinski definition) is 0. The molecule has 188 valence electrons. The first-order chi connectivity index (χ1) is 15.7. The monoisotopic (exact) mass is 588 g/mol. The molecule has 0 aliphatic heterocycles. The number of hydrogen-bond donors (Lipinski definition) is 0. The Bertz CT molecular complexity index is 1230. The van der Waals surface area contributed by atoms with E-state index < -0.39 is 8.80 Å². The van der Waals surface area contributed by atoms with Crippen LogP contribution in [0.25, 0.3) is 5.57 Å². The van der Waals surface area contributed by atoms with E-state index in [-0.39, 0.29) is 40.9 Å². The van der Waals surface area contributed by atoms with E-state index in [4.69, 9.17) is 0 Å². The van der Waals surface area contributed by atoms with Crippen molar-refractivity contribution in [3.63, 3.8) is 0 Å². The summed E-state index contributed by atoms with van der Waals surface area (Å²) in [6, 6.07) is 26.2. The Labute approximate surface area is 250 Å². The molecule has 0 fully saturated rings. The predicted molar refractivity (Wildman–Crippen MR) is 143 cm³/mol. The Kier molecular flexibility index (Phi) is 12.0. The van der Waals surface area contributed by atoms with E-state index in [9.17, 15) is 0 Å². The number of halogens is 3. The molecule has 0 amide bonds. The van der Waals surface area contributed by atoms with Crippen molar-refractivity contribution in [1.82, 2.24) is 0 Å². The molecule has 1 aliphatic carbocycles. The maximum atomic E-state index is 2.51.